The Bertz CT molecular complexity index is 1360. The molecule has 1 aliphatic heterocycles. The van der Waals surface area contributed by atoms with Crippen molar-refractivity contribution < 1.29 is 51.1 Å². The van der Waals surface area contributed by atoms with E-state index in [0.29, 0.717) is 5.76 Å². The molecule has 6 atom stereocenters. The van der Waals surface area contributed by atoms with Gasteiger partial charge in [0.25, 0.3) is 5.91 Å². The van der Waals surface area contributed by atoms with E-state index >= 15 is 0 Å². The minimum atomic E-state index is -4.69. The Kier molecular flexibility index (Phi) is 14.0. The number of ketones is 1. The fraction of sp³-hybridized carbons (Fsp3) is 0.636. The van der Waals surface area contributed by atoms with Crippen molar-refractivity contribution in [3.8, 4) is 0 Å². The predicted molar refractivity (Wildman–Crippen MR) is 171 cm³/mol. The molecule has 1 aromatic heterocycles. The van der Waals surface area contributed by atoms with Crippen LogP contribution in [0.2, 0.25) is 0 Å². The first-order valence-electron chi connectivity index (χ1n) is 16.0. The SMILES string of the molecule is C=C[C@H]1CN(C(=O)[C@@H](NC(=O)N[C@H](C(=O)OCc2ccco2)C(C)C)C(C)(C)C)[C@H](C(=O)NC(CCC(F)(F)F)C(=O)C(N)=O)[C@H]1C(C)C. The number of rotatable bonds is 15. The number of primary amides is 1. The van der Waals surface area contributed by atoms with Crippen molar-refractivity contribution in [3.05, 3.63) is 36.8 Å². The molecule has 0 spiro atoms. The lowest BCUT2D eigenvalue weighted by atomic mass is 9.81. The van der Waals surface area contributed by atoms with E-state index in [4.69, 9.17) is 14.9 Å². The van der Waals surface area contributed by atoms with Gasteiger partial charge >= 0.3 is 18.2 Å². The first-order chi connectivity index (χ1) is 22.6. The maximum Gasteiger partial charge on any atom is 0.389 e. The van der Waals surface area contributed by atoms with Crippen molar-refractivity contribution in [2.45, 2.75) is 98.3 Å². The number of Topliss-reactive ketones (excluding diaryl/α,β-unsaturated/α-hetero) is 1. The average molecular weight is 700 g/mol. The molecule has 49 heavy (non-hydrogen) atoms. The highest BCUT2D eigenvalue weighted by atomic mass is 19.4. The van der Waals surface area contributed by atoms with E-state index < -0.39 is 102 Å². The number of likely N-dealkylation sites (tertiary alicyclic amines) is 1. The van der Waals surface area contributed by atoms with Crippen molar-refractivity contribution in [2.24, 2.45) is 34.8 Å². The number of ether oxygens (including phenoxy) is 1. The number of carbonyl (C=O) groups is 6. The second-order valence-electron chi connectivity index (χ2n) is 13.9. The van der Waals surface area contributed by atoms with Crippen molar-refractivity contribution in [1.29, 1.82) is 0 Å². The van der Waals surface area contributed by atoms with Crippen LogP contribution in [0.3, 0.4) is 0 Å². The van der Waals surface area contributed by atoms with Gasteiger partial charge in [-0.25, -0.2) is 9.59 Å². The van der Waals surface area contributed by atoms with Crippen LogP contribution in [0.25, 0.3) is 0 Å². The van der Waals surface area contributed by atoms with Gasteiger partial charge in [0.1, 0.15) is 30.5 Å². The van der Waals surface area contributed by atoms with Gasteiger partial charge in [-0.15, -0.1) is 6.58 Å². The first kappa shape index (κ1) is 40.8. The summed E-state index contributed by atoms with van der Waals surface area (Å²) >= 11 is 0. The lowest BCUT2D eigenvalue weighted by Gasteiger charge is -2.37. The summed E-state index contributed by atoms with van der Waals surface area (Å²) in [6.07, 6.45) is -4.14. The number of urea groups is 1. The predicted octanol–water partition coefficient (Wildman–Crippen LogP) is 3.23. The van der Waals surface area contributed by atoms with Crippen molar-refractivity contribution >= 4 is 35.5 Å². The maximum atomic E-state index is 14.3. The first-order valence-corrected chi connectivity index (χ1v) is 16.0. The molecule has 1 aromatic rings. The number of amides is 5. The van der Waals surface area contributed by atoms with Gasteiger partial charge in [0.15, 0.2) is 0 Å². The van der Waals surface area contributed by atoms with Crippen molar-refractivity contribution in [2.75, 3.05) is 6.54 Å². The Morgan fingerprint density at radius 1 is 1.08 bits per heavy atom. The van der Waals surface area contributed by atoms with E-state index in [1.807, 2.05) is 0 Å². The summed E-state index contributed by atoms with van der Waals surface area (Å²) in [7, 11) is 0. The van der Waals surface area contributed by atoms with E-state index in [0.717, 1.165) is 0 Å². The van der Waals surface area contributed by atoms with Crippen LogP contribution in [0.1, 0.15) is 67.1 Å². The Morgan fingerprint density at radius 3 is 2.18 bits per heavy atom. The Labute approximate surface area is 283 Å². The molecule has 1 unspecified atom stereocenters. The molecule has 1 saturated heterocycles. The highest BCUT2D eigenvalue weighted by Crippen LogP contribution is 2.38. The molecular formula is C33H48F3N5O8. The summed E-state index contributed by atoms with van der Waals surface area (Å²) in [5.74, 6) is -6.68. The number of halogens is 3. The molecule has 5 N–H and O–H groups in total. The Balaban J connectivity index is 2.39. The van der Waals surface area contributed by atoms with Gasteiger partial charge in [-0.05, 0) is 47.6 Å². The largest absolute Gasteiger partial charge is 0.466 e. The number of hydrogen-bond donors (Lipinski definition) is 4. The summed E-state index contributed by atoms with van der Waals surface area (Å²) in [6.45, 7) is 15.6. The second-order valence-corrected chi connectivity index (χ2v) is 13.9. The average Bonchev–Trinajstić information content (AvgIpc) is 3.65. The van der Waals surface area contributed by atoms with Crippen molar-refractivity contribution in [3.63, 3.8) is 0 Å². The van der Waals surface area contributed by atoms with Crippen LogP contribution in [0.15, 0.2) is 35.5 Å². The van der Waals surface area contributed by atoms with E-state index in [9.17, 15) is 41.9 Å². The summed E-state index contributed by atoms with van der Waals surface area (Å²) in [5, 5.41) is 7.42. The summed E-state index contributed by atoms with van der Waals surface area (Å²) in [4.78, 5) is 79.7. The van der Waals surface area contributed by atoms with Gasteiger partial charge in [-0.1, -0.05) is 54.5 Å². The van der Waals surface area contributed by atoms with Crippen LogP contribution in [-0.2, 0) is 35.3 Å². The van der Waals surface area contributed by atoms with Crippen LogP contribution >= 0.6 is 0 Å². The lowest BCUT2D eigenvalue weighted by molar-refractivity contribution is -0.149. The molecule has 274 valence electrons. The molecule has 2 heterocycles. The molecule has 5 amide bonds. The fourth-order valence-electron chi connectivity index (χ4n) is 5.80. The van der Waals surface area contributed by atoms with Gasteiger partial charge < -0.3 is 35.7 Å². The minimum Gasteiger partial charge on any atom is -0.466 e. The highest BCUT2D eigenvalue weighted by Gasteiger charge is 2.51. The Hall–Kier alpha value is -4.37. The van der Waals surface area contributed by atoms with Gasteiger partial charge in [-0.2, -0.15) is 13.2 Å². The van der Waals surface area contributed by atoms with E-state index in [1.165, 1.54) is 11.2 Å². The molecule has 16 heteroatoms. The van der Waals surface area contributed by atoms with Crippen LogP contribution in [0, 0.1) is 29.1 Å². The third-order valence-corrected chi connectivity index (χ3v) is 8.35. The number of hydrogen-bond acceptors (Lipinski definition) is 8. The zero-order chi connectivity index (χ0) is 37.4. The number of carbonyl (C=O) groups excluding carboxylic acids is 6. The fourth-order valence-corrected chi connectivity index (χ4v) is 5.80. The normalized spacial score (nSPS) is 19.9. The molecular weight excluding hydrogens is 651 g/mol. The van der Waals surface area contributed by atoms with Crippen LogP contribution in [0.4, 0.5) is 18.0 Å². The number of alkyl halides is 3. The number of nitrogens with zero attached hydrogens (tertiary/aromatic N) is 1. The van der Waals surface area contributed by atoms with Crippen LogP contribution in [-0.4, -0.2) is 77.3 Å². The zero-order valence-electron chi connectivity index (χ0n) is 28.9. The lowest BCUT2D eigenvalue weighted by Crippen LogP contribution is -2.62. The molecule has 1 aliphatic rings. The summed E-state index contributed by atoms with van der Waals surface area (Å²) in [5.41, 5.74) is 4.11. The highest BCUT2D eigenvalue weighted by molar-refractivity contribution is 6.37. The summed E-state index contributed by atoms with van der Waals surface area (Å²) < 4.78 is 49.6. The molecule has 0 radical (unpaired) electrons. The maximum absolute atomic E-state index is 14.3. The number of nitrogens with two attached hydrogens (primary N) is 1. The molecule has 0 aliphatic carbocycles. The van der Waals surface area contributed by atoms with Crippen LogP contribution in [0.5, 0.6) is 0 Å². The zero-order valence-corrected chi connectivity index (χ0v) is 28.9. The minimum absolute atomic E-state index is 0.0378. The molecule has 0 bridgehead atoms. The number of nitrogens with one attached hydrogen (secondary N) is 3. The quantitative estimate of drug-likeness (QED) is 0.122. The molecule has 13 nitrogen and oxygen atoms in total. The molecule has 1 fully saturated rings. The molecule has 2 rings (SSSR count). The second kappa shape index (κ2) is 16.8. The standard InChI is InChI=1S/C33H48F3N5O8/c1-9-19-15-41(24(22(19)17(2)3)28(44)38-21(25(42)27(37)43)12-13-33(34,35)36)29(45)26(32(6,7)8)40-31(47)39-23(18(4)5)30(46)49-16-20-11-10-14-48-20/h9-11,14,17-19,21-24,26H,1,12-13,15-16H2,2-8H3,(H2,37,43)(H,38,44)(H2,39,40,47)/t19-,21?,22-,23-,24-,26+/m0/s1. The van der Waals surface area contributed by atoms with Gasteiger partial charge in [-0.3, -0.25) is 19.2 Å². The monoisotopic (exact) mass is 699 g/mol. The molecule has 0 aromatic carbocycles. The van der Waals surface area contributed by atoms with E-state index in [1.54, 1.807) is 66.7 Å². The Morgan fingerprint density at radius 2 is 1.71 bits per heavy atom. The molecule has 0 saturated carbocycles. The topological polar surface area (TPSA) is 190 Å². The van der Waals surface area contributed by atoms with Crippen molar-refractivity contribution in [1.82, 2.24) is 20.9 Å². The number of esters is 1. The van der Waals surface area contributed by atoms with Crippen LogP contribution < -0.4 is 21.7 Å². The van der Waals surface area contributed by atoms with Gasteiger partial charge in [0.05, 0.1) is 12.3 Å². The smallest absolute Gasteiger partial charge is 0.389 e. The number of furan rings is 1. The summed E-state index contributed by atoms with van der Waals surface area (Å²) in [6, 6.07) is -3.23. The third-order valence-electron chi connectivity index (χ3n) is 8.35. The third kappa shape index (κ3) is 11.3. The van der Waals surface area contributed by atoms with Gasteiger partial charge in [0, 0.05) is 13.0 Å². The van der Waals surface area contributed by atoms with E-state index in [2.05, 4.69) is 22.5 Å². The van der Waals surface area contributed by atoms with E-state index in [-0.39, 0.29) is 19.1 Å². The van der Waals surface area contributed by atoms with Gasteiger partial charge in [0.2, 0.25) is 17.6 Å².